The Balaban J connectivity index is 3.50. The third kappa shape index (κ3) is 29.8. The molecule has 0 spiro atoms. The standard InChI is InChI=1S/C41H84/c1-5-9-11-13-15-17-19-21-23-25-27-29-31-33-35-37-39-41(7-3,8-4)40-38-36-34-32-30-28-26-24-22-20-18-16-14-12-10-6-2/h5-40H2,1-4H3. The molecule has 0 heterocycles. The van der Waals surface area contributed by atoms with Gasteiger partial charge in [0.05, 0.1) is 0 Å². The molecule has 0 nitrogen and oxygen atoms in total. The highest BCUT2D eigenvalue weighted by atomic mass is 14.3. The number of rotatable bonds is 36. The van der Waals surface area contributed by atoms with Crippen molar-refractivity contribution in [3.63, 3.8) is 0 Å². The summed E-state index contributed by atoms with van der Waals surface area (Å²) in [6.45, 7) is 9.57. The predicted octanol–water partition coefficient (Wildman–Crippen LogP) is 16.1. The molecule has 248 valence electrons. The van der Waals surface area contributed by atoms with Gasteiger partial charge < -0.3 is 0 Å². The minimum atomic E-state index is 0.659. The van der Waals surface area contributed by atoms with E-state index in [1.54, 1.807) is 0 Å². The lowest BCUT2D eigenvalue weighted by Crippen LogP contribution is -2.18. The summed E-state index contributed by atoms with van der Waals surface area (Å²) in [5.74, 6) is 0. The van der Waals surface area contributed by atoms with Gasteiger partial charge in [-0.05, 0) is 18.3 Å². The highest BCUT2D eigenvalue weighted by Crippen LogP contribution is 2.38. The van der Waals surface area contributed by atoms with Crippen molar-refractivity contribution in [3.05, 3.63) is 0 Å². The summed E-state index contributed by atoms with van der Waals surface area (Å²) in [7, 11) is 0. The van der Waals surface area contributed by atoms with Gasteiger partial charge in [-0.2, -0.15) is 0 Å². The summed E-state index contributed by atoms with van der Waals surface area (Å²) in [6, 6.07) is 0. The van der Waals surface area contributed by atoms with Gasteiger partial charge in [0.1, 0.15) is 0 Å². The Morgan fingerprint density at radius 3 is 0.561 bits per heavy atom. The molecule has 0 saturated carbocycles. The lowest BCUT2D eigenvalue weighted by Gasteiger charge is -2.32. The fraction of sp³-hybridized carbons (Fsp3) is 1.00. The van der Waals surface area contributed by atoms with Crippen molar-refractivity contribution in [2.45, 2.75) is 259 Å². The van der Waals surface area contributed by atoms with Gasteiger partial charge in [0.2, 0.25) is 0 Å². The Morgan fingerprint density at radius 1 is 0.220 bits per heavy atom. The molecule has 0 rings (SSSR count). The molecule has 0 amide bonds. The third-order valence-corrected chi connectivity index (χ3v) is 10.6. The van der Waals surface area contributed by atoms with Gasteiger partial charge in [-0.1, -0.05) is 246 Å². The van der Waals surface area contributed by atoms with Gasteiger partial charge >= 0.3 is 0 Å². The van der Waals surface area contributed by atoms with E-state index < -0.39 is 0 Å². The summed E-state index contributed by atoms with van der Waals surface area (Å²) < 4.78 is 0. The third-order valence-electron chi connectivity index (χ3n) is 10.6. The molecule has 0 atom stereocenters. The quantitative estimate of drug-likeness (QED) is 0.0651. The van der Waals surface area contributed by atoms with Crippen molar-refractivity contribution in [2.75, 3.05) is 0 Å². The van der Waals surface area contributed by atoms with E-state index in [0.29, 0.717) is 5.41 Å². The highest BCUT2D eigenvalue weighted by molar-refractivity contribution is 4.76. The van der Waals surface area contributed by atoms with Crippen LogP contribution in [-0.4, -0.2) is 0 Å². The smallest absolute Gasteiger partial charge is 0.0303 e. The molecule has 0 aromatic rings. The maximum Gasteiger partial charge on any atom is -0.0303 e. The van der Waals surface area contributed by atoms with Gasteiger partial charge in [-0.15, -0.1) is 0 Å². The van der Waals surface area contributed by atoms with E-state index in [4.69, 9.17) is 0 Å². The van der Waals surface area contributed by atoms with Gasteiger partial charge in [-0.25, -0.2) is 0 Å². The summed E-state index contributed by atoms with van der Waals surface area (Å²) in [4.78, 5) is 0. The van der Waals surface area contributed by atoms with Gasteiger partial charge in [0.25, 0.3) is 0 Å². The van der Waals surface area contributed by atoms with E-state index in [0.717, 1.165) is 0 Å². The van der Waals surface area contributed by atoms with Crippen LogP contribution in [0.1, 0.15) is 259 Å². The largest absolute Gasteiger partial charge is 0.0654 e. The van der Waals surface area contributed by atoms with Crippen LogP contribution in [0.15, 0.2) is 0 Å². The summed E-state index contributed by atoms with van der Waals surface area (Å²) >= 11 is 0. The molecule has 0 heteroatoms. The van der Waals surface area contributed by atoms with Crippen LogP contribution in [0.4, 0.5) is 0 Å². The van der Waals surface area contributed by atoms with Crippen molar-refractivity contribution in [1.82, 2.24) is 0 Å². The van der Waals surface area contributed by atoms with Crippen LogP contribution in [-0.2, 0) is 0 Å². The molecule has 0 aliphatic rings. The fourth-order valence-corrected chi connectivity index (χ4v) is 7.18. The van der Waals surface area contributed by atoms with E-state index in [1.165, 1.54) is 231 Å². The van der Waals surface area contributed by atoms with Crippen molar-refractivity contribution >= 4 is 0 Å². The lowest BCUT2D eigenvalue weighted by atomic mass is 9.74. The van der Waals surface area contributed by atoms with Crippen LogP contribution in [0, 0.1) is 5.41 Å². The first kappa shape index (κ1) is 41.0. The van der Waals surface area contributed by atoms with E-state index in [9.17, 15) is 0 Å². The molecule has 0 bridgehead atoms. The first-order chi connectivity index (χ1) is 20.2. The van der Waals surface area contributed by atoms with Crippen molar-refractivity contribution in [1.29, 1.82) is 0 Å². The molecule has 0 aromatic heterocycles. The number of hydrogen-bond donors (Lipinski definition) is 0. The van der Waals surface area contributed by atoms with Crippen LogP contribution in [0.3, 0.4) is 0 Å². The van der Waals surface area contributed by atoms with Gasteiger partial charge in [-0.3, -0.25) is 0 Å². The van der Waals surface area contributed by atoms with E-state index >= 15 is 0 Å². The zero-order chi connectivity index (χ0) is 30.0. The maximum atomic E-state index is 2.47. The molecule has 0 aromatic carbocycles. The number of unbranched alkanes of at least 4 members (excludes halogenated alkanes) is 30. The molecule has 0 fully saturated rings. The second-order valence-corrected chi connectivity index (χ2v) is 14.3. The molecule has 41 heavy (non-hydrogen) atoms. The van der Waals surface area contributed by atoms with Gasteiger partial charge in [0.15, 0.2) is 0 Å². The SMILES string of the molecule is CCCCCCCCCCCCCCCCCCC(CC)(CC)CCCCCCCCCCCCCCCCCC. The Hall–Kier alpha value is 0. The first-order valence-electron chi connectivity index (χ1n) is 20.2. The summed E-state index contributed by atoms with van der Waals surface area (Å²) in [6.07, 6.45) is 53.0. The average Bonchev–Trinajstić information content (AvgIpc) is 2.99. The first-order valence-corrected chi connectivity index (χ1v) is 20.2. The van der Waals surface area contributed by atoms with E-state index in [1.807, 2.05) is 0 Å². The Morgan fingerprint density at radius 2 is 0.390 bits per heavy atom. The Bertz CT molecular complexity index is 409. The zero-order valence-electron chi connectivity index (χ0n) is 30.0. The van der Waals surface area contributed by atoms with Crippen LogP contribution in [0.25, 0.3) is 0 Å². The Labute approximate surface area is 263 Å². The van der Waals surface area contributed by atoms with Crippen molar-refractivity contribution in [2.24, 2.45) is 5.41 Å². The molecular weight excluding hydrogens is 492 g/mol. The fourth-order valence-electron chi connectivity index (χ4n) is 7.18. The highest BCUT2D eigenvalue weighted by Gasteiger charge is 2.24. The topological polar surface area (TPSA) is 0 Å². The molecule has 0 radical (unpaired) electrons. The summed E-state index contributed by atoms with van der Waals surface area (Å²) in [5, 5.41) is 0. The molecule has 0 N–H and O–H groups in total. The lowest BCUT2D eigenvalue weighted by molar-refractivity contribution is 0.202. The molecule has 0 saturated heterocycles. The van der Waals surface area contributed by atoms with Gasteiger partial charge in [0, 0.05) is 0 Å². The normalized spacial score (nSPS) is 12.0. The average molecular weight is 577 g/mol. The van der Waals surface area contributed by atoms with Crippen LogP contribution in [0.5, 0.6) is 0 Å². The zero-order valence-corrected chi connectivity index (χ0v) is 30.0. The van der Waals surface area contributed by atoms with Crippen LogP contribution < -0.4 is 0 Å². The molecule has 0 aliphatic heterocycles. The maximum absolute atomic E-state index is 2.47. The monoisotopic (exact) mass is 577 g/mol. The van der Waals surface area contributed by atoms with Crippen LogP contribution >= 0.6 is 0 Å². The molecule has 0 unspecified atom stereocenters. The number of hydrogen-bond acceptors (Lipinski definition) is 0. The molecular formula is C41H84. The minimum absolute atomic E-state index is 0.659. The second-order valence-electron chi connectivity index (χ2n) is 14.3. The summed E-state index contributed by atoms with van der Waals surface area (Å²) in [5.41, 5.74) is 0.659. The van der Waals surface area contributed by atoms with E-state index in [-0.39, 0.29) is 0 Å². The Kier molecular flexibility index (Phi) is 34.5. The van der Waals surface area contributed by atoms with Crippen molar-refractivity contribution in [3.8, 4) is 0 Å². The minimum Gasteiger partial charge on any atom is -0.0654 e. The van der Waals surface area contributed by atoms with E-state index in [2.05, 4.69) is 27.7 Å². The van der Waals surface area contributed by atoms with Crippen molar-refractivity contribution < 1.29 is 0 Å². The second kappa shape index (κ2) is 34.5. The predicted molar refractivity (Wildman–Crippen MR) is 191 cm³/mol. The molecule has 0 aliphatic carbocycles. The van der Waals surface area contributed by atoms with Crippen LogP contribution in [0.2, 0.25) is 0 Å².